The number of hydrogen-bond donors (Lipinski definition) is 2. The van der Waals surface area contributed by atoms with Gasteiger partial charge in [0.15, 0.2) is 0 Å². The van der Waals surface area contributed by atoms with Crippen LogP contribution in [0.5, 0.6) is 0 Å². The highest BCUT2D eigenvalue weighted by molar-refractivity contribution is 5.83. The Morgan fingerprint density at radius 3 is 2.88 bits per heavy atom. The van der Waals surface area contributed by atoms with Gasteiger partial charge in [-0.1, -0.05) is 0 Å². The highest BCUT2D eigenvalue weighted by Crippen LogP contribution is 2.30. The minimum absolute atomic E-state index is 0.190. The Bertz CT molecular complexity index is 459. The Kier molecular flexibility index (Phi) is 2.60. The summed E-state index contributed by atoms with van der Waals surface area (Å²) in [6, 6.07) is 2.72. The minimum Gasteiger partial charge on any atom is -0.465 e. The number of halogens is 1. The maximum Gasteiger partial charge on any atom is 0.409 e. The van der Waals surface area contributed by atoms with Crippen LogP contribution in [-0.2, 0) is 17.6 Å². The second kappa shape index (κ2) is 3.92. The van der Waals surface area contributed by atoms with Crippen molar-refractivity contribution in [1.82, 2.24) is 0 Å². The summed E-state index contributed by atoms with van der Waals surface area (Å²) in [4.78, 5) is 21.0. The summed E-state index contributed by atoms with van der Waals surface area (Å²) in [6.07, 6.45) is 0.455. The summed E-state index contributed by atoms with van der Waals surface area (Å²) in [5.41, 5.74) is 1.43. The van der Waals surface area contributed by atoms with Crippen molar-refractivity contribution in [2.45, 2.75) is 12.8 Å². The molecule has 1 aromatic carbocycles. The molecule has 0 aromatic heterocycles. The molecule has 1 aliphatic carbocycles. The number of fused-ring (bicyclic) bond motifs is 1. The van der Waals surface area contributed by atoms with Gasteiger partial charge in [-0.25, -0.2) is 9.18 Å². The zero-order chi connectivity index (χ0) is 11.7. The van der Waals surface area contributed by atoms with Crippen molar-refractivity contribution in [2.75, 3.05) is 5.32 Å². The van der Waals surface area contributed by atoms with E-state index in [2.05, 4.69) is 5.32 Å². The summed E-state index contributed by atoms with van der Waals surface area (Å²) >= 11 is 0. The van der Waals surface area contributed by atoms with Crippen LogP contribution in [-0.4, -0.2) is 17.5 Å². The Balaban J connectivity index is 2.33. The van der Waals surface area contributed by atoms with Crippen molar-refractivity contribution >= 4 is 18.1 Å². The molecular weight excluding hydrogens is 213 g/mol. The van der Waals surface area contributed by atoms with Gasteiger partial charge in [0.2, 0.25) is 0 Å². The maximum atomic E-state index is 13.6. The fraction of sp³-hybridized carbons (Fsp3) is 0.273. The van der Waals surface area contributed by atoms with Crippen LogP contribution in [0.15, 0.2) is 12.1 Å². The van der Waals surface area contributed by atoms with Gasteiger partial charge in [-0.2, -0.15) is 0 Å². The van der Waals surface area contributed by atoms with E-state index in [-0.39, 0.29) is 11.6 Å². The summed E-state index contributed by atoms with van der Waals surface area (Å²) < 4.78 is 13.6. The first kappa shape index (κ1) is 10.6. The smallest absolute Gasteiger partial charge is 0.409 e. The van der Waals surface area contributed by atoms with Crippen LogP contribution in [0.2, 0.25) is 0 Å². The number of carbonyl (C=O) groups is 2. The van der Waals surface area contributed by atoms with Crippen LogP contribution in [0.1, 0.15) is 11.1 Å². The number of amides is 1. The largest absolute Gasteiger partial charge is 0.465 e. The Morgan fingerprint density at radius 2 is 2.25 bits per heavy atom. The number of carboxylic acid groups (broad SMARTS) is 1. The predicted molar refractivity (Wildman–Crippen MR) is 55.0 cm³/mol. The molecule has 16 heavy (non-hydrogen) atoms. The second-order valence-corrected chi connectivity index (χ2v) is 3.83. The molecule has 0 radical (unpaired) electrons. The van der Waals surface area contributed by atoms with Crippen LogP contribution < -0.4 is 5.32 Å². The molecule has 4 nitrogen and oxygen atoms in total. The van der Waals surface area contributed by atoms with Gasteiger partial charge in [0.1, 0.15) is 12.1 Å². The minimum atomic E-state index is -1.23. The number of nitrogens with one attached hydrogen (secondary N) is 1. The fourth-order valence-corrected chi connectivity index (χ4v) is 2.01. The first-order chi connectivity index (χ1) is 7.60. The molecule has 1 unspecified atom stereocenters. The average Bonchev–Trinajstić information content (AvgIpc) is 2.60. The second-order valence-electron chi connectivity index (χ2n) is 3.83. The standard InChI is InChI=1S/C11H10FNO3/c12-10-4-8(13-11(15)16)3-7-1-6(5-14)2-9(7)10/h3-6,13H,1-2H2,(H,15,16). The van der Waals surface area contributed by atoms with Gasteiger partial charge in [0.25, 0.3) is 0 Å². The topological polar surface area (TPSA) is 66.4 Å². The third-order valence-corrected chi connectivity index (χ3v) is 2.68. The van der Waals surface area contributed by atoms with Gasteiger partial charge >= 0.3 is 6.09 Å². The van der Waals surface area contributed by atoms with Crippen LogP contribution in [0, 0.1) is 11.7 Å². The van der Waals surface area contributed by atoms with Gasteiger partial charge < -0.3 is 9.90 Å². The van der Waals surface area contributed by atoms with Gasteiger partial charge in [0.05, 0.1) is 0 Å². The molecule has 0 spiro atoms. The number of hydrogen-bond acceptors (Lipinski definition) is 2. The van der Waals surface area contributed by atoms with Crippen molar-refractivity contribution in [3.8, 4) is 0 Å². The van der Waals surface area contributed by atoms with Crippen molar-refractivity contribution in [3.05, 3.63) is 29.1 Å². The zero-order valence-corrected chi connectivity index (χ0v) is 8.37. The van der Waals surface area contributed by atoms with E-state index in [0.717, 1.165) is 12.4 Å². The molecule has 2 rings (SSSR count). The van der Waals surface area contributed by atoms with Crippen molar-refractivity contribution in [3.63, 3.8) is 0 Å². The molecule has 2 N–H and O–H groups in total. The molecular formula is C11H10FNO3. The number of anilines is 1. The molecule has 0 aliphatic heterocycles. The van der Waals surface area contributed by atoms with E-state index in [9.17, 15) is 14.0 Å². The van der Waals surface area contributed by atoms with Crippen molar-refractivity contribution < 1.29 is 19.1 Å². The Labute approximate surface area is 91.1 Å². The lowest BCUT2D eigenvalue weighted by Gasteiger charge is -2.05. The molecule has 0 heterocycles. The molecule has 84 valence electrons. The lowest BCUT2D eigenvalue weighted by Crippen LogP contribution is -2.08. The van der Waals surface area contributed by atoms with E-state index >= 15 is 0 Å². The van der Waals surface area contributed by atoms with Crippen LogP contribution >= 0.6 is 0 Å². The van der Waals surface area contributed by atoms with Gasteiger partial charge in [-0.15, -0.1) is 0 Å². The lowest BCUT2D eigenvalue weighted by atomic mass is 10.1. The van der Waals surface area contributed by atoms with E-state index in [0.29, 0.717) is 24.0 Å². The highest BCUT2D eigenvalue weighted by Gasteiger charge is 2.24. The van der Waals surface area contributed by atoms with Crippen LogP contribution in [0.4, 0.5) is 14.9 Å². The average molecular weight is 223 g/mol. The molecule has 1 atom stereocenters. The molecule has 1 aliphatic rings. The van der Waals surface area contributed by atoms with Crippen molar-refractivity contribution in [2.24, 2.45) is 5.92 Å². The van der Waals surface area contributed by atoms with Gasteiger partial charge in [-0.05, 0) is 36.1 Å². The number of benzene rings is 1. The van der Waals surface area contributed by atoms with Gasteiger partial charge in [-0.3, -0.25) is 5.32 Å². The molecule has 1 aromatic rings. The van der Waals surface area contributed by atoms with Gasteiger partial charge in [0, 0.05) is 11.6 Å². The number of aldehydes is 1. The number of rotatable bonds is 2. The summed E-state index contributed by atoms with van der Waals surface area (Å²) in [5.74, 6) is -0.643. The molecule has 0 saturated carbocycles. The third kappa shape index (κ3) is 1.88. The summed E-state index contributed by atoms with van der Waals surface area (Å²) in [5, 5.41) is 10.6. The molecule has 0 fully saturated rings. The lowest BCUT2D eigenvalue weighted by molar-refractivity contribution is -0.110. The van der Waals surface area contributed by atoms with Crippen LogP contribution in [0.25, 0.3) is 0 Å². The van der Waals surface area contributed by atoms with E-state index in [4.69, 9.17) is 5.11 Å². The highest BCUT2D eigenvalue weighted by atomic mass is 19.1. The number of carbonyl (C=O) groups excluding carboxylic acids is 1. The zero-order valence-electron chi connectivity index (χ0n) is 8.37. The first-order valence-electron chi connectivity index (χ1n) is 4.86. The van der Waals surface area contributed by atoms with E-state index < -0.39 is 11.9 Å². The first-order valence-corrected chi connectivity index (χ1v) is 4.86. The summed E-state index contributed by atoms with van der Waals surface area (Å²) in [7, 11) is 0. The monoisotopic (exact) mass is 223 g/mol. The SMILES string of the molecule is O=CC1Cc2cc(NC(=O)O)cc(F)c2C1. The Hall–Kier alpha value is -1.91. The van der Waals surface area contributed by atoms with Crippen molar-refractivity contribution in [1.29, 1.82) is 0 Å². The van der Waals surface area contributed by atoms with Crippen LogP contribution in [0.3, 0.4) is 0 Å². The fourth-order valence-electron chi connectivity index (χ4n) is 2.01. The third-order valence-electron chi connectivity index (χ3n) is 2.68. The Morgan fingerprint density at radius 1 is 1.50 bits per heavy atom. The molecule has 0 bridgehead atoms. The molecule has 1 amide bonds. The normalized spacial score (nSPS) is 17.9. The van der Waals surface area contributed by atoms with E-state index in [1.54, 1.807) is 6.07 Å². The maximum absolute atomic E-state index is 13.6. The van der Waals surface area contributed by atoms with E-state index in [1.165, 1.54) is 0 Å². The molecule has 5 heteroatoms. The summed E-state index contributed by atoms with van der Waals surface area (Å²) in [6.45, 7) is 0. The molecule has 0 saturated heterocycles. The van der Waals surface area contributed by atoms with E-state index in [1.807, 2.05) is 0 Å². The predicted octanol–water partition coefficient (Wildman–Crippen LogP) is 1.83. The quantitative estimate of drug-likeness (QED) is 0.751.